The van der Waals surface area contributed by atoms with Crippen LogP contribution in [-0.2, 0) is 4.74 Å². The smallest absolute Gasteiger partial charge is 0.414 e. The molecule has 6 heteroatoms. The quantitative estimate of drug-likeness (QED) is 0.831. The van der Waals surface area contributed by atoms with E-state index in [4.69, 9.17) is 17.0 Å². The zero-order valence-electron chi connectivity index (χ0n) is 15.3. The van der Waals surface area contributed by atoms with Crippen molar-refractivity contribution in [2.75, 3.05) is 36.0 Å². The van der Waals surface area contributed by atoms with Crippen molar-refractivity contribution in [3.63, 3.8) is 0 Å². The van der Waals surface area contributed by atoms with Crippen molar-refractivity contribution in [2.24, 2.45) is 0 Å². The van der Waals surface area contributed by atoms with Gasteiger partial charge < -0.3 is 15.0 Å². The van der Waals surface area contributed by atoms with Gasteiger partial charge >= 0.3 is 6.09 Å². The maximum atomic E-state index is 12.3. The molecule has 5 nitrogen and oxygen atoms in total. The van der Waals surface area contributed by atoms with Crippen molar-refractivity contribution in [3.8, 4) is 0 Å². The summed E-state index contributed by atoms with van der Waals surface area (Å²) in [7, 11) is 0. The molecule has 1 N–H and O–H groups in total. The summed E-state index contributed by atoms with van der Waals surface area (Å²) >= 11 is 5.02. The molecule has 3 rings (SSSR count). The highest BCUT2D eigenvalue weighted by Gasteiger charge is 2.32. The zero-order valence-corrected chi connectivity index (χ0v) is 16.1. The number of anilines is 2. The highest BCUT2D eigenvalue weighted by Crippen LogP contribution is 2.33. The number of piperidine rings is 1. The van der Waals surface area contributed by atoms with Crippen LogP contribution in [0.3, 0.4) is 0 Å². The Morgan fingerprint density at radius 3 is 2.48 bits per heavy atom. The van der Waals surface area contributed by atoms with Crippen molar-refractivity contribution in [1.29, 1.82) is 0 Å². The standard InChI is InChI=1S/C19H27N3O2S/c1-13-9-16(10-14(2)18(13)21-7-5-4-6-8-21)22-12-17(24-19(22)23)11-20-15(3)25/h9-10,17H,4-8,11-12H2,1-3H3,(H,20,25). The topological polar surface area (TPSA) is 44.8 Å². The van der Waals surface area contributed by atoms with Gasteiger partial charge in [-0.2, -0.15) is 0 Å². The molecular formula is C19H27N3O2S. The van der Waals surface area contributed by atoms with Gasteiger partial charge in [-0.15, -0.1) is 0 Å². The van der Waals surface area contributed by atoms with Crippen molar-refractivity contribution < 1.29 is 9.53 Å². The molecule has 25 heavy (non-hydrogen) atoms. The van der Waals surface area contributed by atoms with E-state index in [1.807, 2.05) is 6.92 Å². The summed E-state index contributed by atoms with van der Waals surface area (Å²) in [5.41, 5.74) is 4.69. The van der Waals surface area contributed by atoms with E-state index in [1.54, 1.807) is 4.90 Å². The number of thiocarbonyl (C=S) groups is 1. The molecule has 0 bridgehead atoms. The lowest BCUT2D eigenvalue weighted by atomic mass is 10.0. The minimum atomic E-state index is -0.279. The normalized spacial score (nSPS) is 20.6. The van der Waals surface area contributed by atoms with Crippen LogP contribution in [0.1, 0.15) is 37.3 Å². The average molecular weight is 362 g/mol. The number of cyclic esters (lactones) is 1. The van der Waals surface area contributed by atoms with E-state index in [0.29, 0.717) is 18.1 Å². The molecule has 2 saturated heterocycles. The first kappa shape index (κ1) is 18.0. The predicted octanol–water partition coefficient (Wildman–Crippen LogP) is 3.56. The van der Waals surface area contributed by atoms with E-state index in [2.05, 4.69) is 36.2 Å². The lowest BCUT2D eigenvalue weighted by Crippen LogP contribution is -2.33. The summed E-state index contributed by atoms with van der Waals surface area (Å²) in [6.07, 6.45) is 3.38. The maximum Gasteiger partial charge on any atom is 0.414 e. The van der Waals surface area contributed by atoms with Gasteiger partial charge in [0.15, 0.2) is 0 Å². The SMILES string of the molecule is CC(=S)NCC1CN(c2cc(C)c(N3CCCCC3)c(C)c2)C(=O)O1. The fourth-order valence-corrected chi connectivity index (χ4v) is 3.88. The molecule has 1 amide bonds. The fraction of sp³-hybridized carbons (Fsp3) is 0.579. The van der Waals surface area contributed by atoms with Crippen LogP contribution in [0.4, 0.5) is 16.2 Å². The molecule has 0 aromatic heterocycles. The number of benzene rings is 1. The van der Waals surface area contributed by atoms with Crippen molar-refractivity contribution in [3.05, 3.63) is 23.3 Å². The second-order valence-corrected chi connectivity index (χ2v) is 7.64. The molecule has 0 spiro atoms. The minimum absolute atomic E-state index is 0.173. The minimum Gasteiger partial charge on any atom is -0.442 e. The molecule has 1 aromatic rings. The molecule has 136 valence electrons. The Hall–Kier alpha value is -1.82. The first-order chi connectivity index (χ1) is 12.0. The summed E-state index contributed by atoms with van der Waals surface area (Å²) < 4.78 is 5.46. The van der Waals surface area contributed by atoms with Crippen LogP contribution in [0.25, 0.3) is 0 Å². The number of carbonyl (C=O) groups excluding carboxylic acids is 1. The number of amides is 1. The fourth-order valence-electron chi connectivity index (χ4n) is 3.80. The Balaban J connectivity index is 1.76. The number of nitrogens with zero attached hydrogens (tertiary/aromatic N) is 2. The van der Waals surface area contributed by atoms with Crippen molar-refractivity contribution in [2.45, 2.75) is 46.1 Å². The zero-order chi connectivity index (χ0) is 18.0. The summed E-state index contributed by atoms with van der Waals surface area (Å²) in [6, 6.07) is 4.22. The number of nitrogens with one attached hydrogen (secondary N) is 1. The maximum absolute atomic E-state index is 12.3. The van der Waals surface area contributed by atoms with Crippen LogP contribution in [0.15, 0.2) is 12.1 Å². The van der Waals surface area contributed by atoms with Gasteiger partial charge in [-0.1, -0.05) is 12.2 Å². The van der Waals surface area contributed by atoms with Gasteiger partial charge in [0.25, 0.3) is 0 Å². The Morgan fingerprint density at radius 1 is 1.24 bits per heavy atom. The van der Waals surface area contributed by atoms with Crippen LogP contribution in [0.2, 0.25) is 0 Å². The number of carbonyl (C=O) groups is 1. The molecule has 2 aliphatic heterocycles. The van der Waals surface area contributed by atoms with Crippen LogP contribution in [-0.4, -0.2) is 43.4 Å². The first-order valence-electron chi connectivity index (χ1n) is 9.04. The van der Waals surface area contributed by atoms with Gasteiger partial charge in [-0.05, 0) is 63.3 Å². The van der Waals surface area contributed by atoms with Gasteiger partial charge in [0.2, 0.25) is 0 Å². The summed E-state index contributed by atoms with van der Waals surface area (Å²) in [4.78, 5) is 17.2. The van der Waals surface area contributed by atoms with Gasteiger partial charge in [-0.3, -0.25) is 4.90 Å². The van der Waals surface area contributed by atoms with Crippen molar-refractivity contribution in [1.82, 2.24) is 5.32 Å². The molecule has 1 unspecified atom stereocenters. The Labute approximate surface area is 155 Å². The van der Waals surface area contributed by atoms with Gasteiger partial charge in [0.05, 0.1) is 18.1 Å². The van der Waals surface area contributed by atoms with Gasteiger partial charge in [0.1, 0.15) is 6.10 Å². The first-order valence-corrected chi connectivity index (χ1v) is 9.45. The number of hydrogen-bond acceptors (Lipinski definition) is 4. The van der Waals surface area contributed by atoms with E-state index in [1.165, 1.54) is 36.1 Å². The van der Waals surface area contributed by atoms with Gasteiger partial charge in [-0.25, -0.2) is 4.79 Å². The van der Waals surface area contributed by atoms with Crippen LogP contribution in [0, 0.1) is 13.8 Å². The molecule has 2 heterocycles. The molecule has 2 fully saturated rings. The highest BCUT2D eigenvalue weighted by molar-refractivity contribution is 7.80. The van der Waals surface area contributed by atoms with Crippen LogP contribution < -0.4 is 15.1 Å². The van der Waals surface area contributed by atoms with E-state index in [9.17, 15) is 4.79 Å². The van der Waals surface area contributed by atoms with Crippen LogP contribution in [0.5, 0.6) is 0 Å². The lowest BCUT2D eigenvalue weighted by Gasteiger charge is -2.32. The third kappa shape index (κ3) is 4.06. The second-order valence-electron chi connectivity index (χ2n) is 7.03. The number of hydrogen-bond donors (Lipinski definition) is 1. The third-order valence-corrected chi connectivity index (χ3v) is 5.06. The molecular weight excluding hydrogens is 334 g/mol. The molecule has 2 aliphatic rings. The predicted molar refractivity (Wildman–Crippen MR) is 106 cm³/mol. The van der Waals surface area contributed by atoms with E-state index >= 15 is 0 Å². The second kappa shape index (κ2) is 7.60. The molecule has 1 aromatic carbocycles. The average Bonchev–Trinajstić information content (AvgIpc) is 2.94. The monoisotopic (exact) mass is 361 g/mol. The molecule has 0 aliphatic carbocycles. The Bertz CT molecular complexity index is 648. The highest BCUT2D eigenvalue weighted by atomic mass is 32.1. The number of aryl methyl sites for hydroxylation is 2. The van der Waals surface area contributed by atoms with Crippen molar-refractivity contribution >= 4 is 34.7 Å². The van der Waals surface area contributed by atoms with E-state index < -0.39 is 0 Å². The summed E-state index contributed by atoms with van der Waals surface area (Å²) in [5, 5.41) is 3.08. The molecule has 0 radical (unpaired) electrons. The van der Waals surface area contributed by atoms with Crippen LogP contribution >= 0.6 is 12.2 Å². The third-order valence-electron chi connectivity index (χ3n) is 4.91. The molecule has 1 atom stereocenters. The summed E-state index contributed by atoms with van der Waals surface area (Å²) in [5.74, 6) is 0. The number of ether oxygens (including phenoxy) is 1. The summed E-state index contributed by atoms with van der Waals surface area (Å²) in [6.45, 7) is 9.45. The number of rotatable bonds is 4. The Kier molecular flexibility index (Phi) is 5.47. The van der Waals surface area contributed by atoms with E-state index in [-0.39, 0.29) is 12.2 Å². The lowest BCUT2D eigenvalue weighted by molar-refractivity contribution is 0.143. The Morgan fingerprint density at radius 2 is 1.88 bits per heavy atom. The molecule has 0 saturated carbocycles. The van der Waals surface area contributed by atoms with Gasteiger partial charge in [0, 0.05) is 24.5 Å². The van der Waals surface area contributed by atoms with E-state index in [0.717, 1.165) is 18.8 Å². The largest absolute Gasteiger partial charge is 0.442 e.